The predicted molar refractivity (Wildman–Crippen MR) is 69.3 cm³/mol. The average Bonchev–Trinajstić information content (AvgIpc) is 2.90. The summed E-state index contributed by atoms with van der Waals surface area (Å²) in [7, 11) is 0. The third kappa shape index (κ3) is 3.26. The van der Waals surface area contributed by atoms with E-state index in [0.29, 0.717) is 11.7 Å². The van der Waals surface area contributed by atoms with Crippen LogP contribution >= 0.6 is 11.3 Å². The van der Waals surface area contributed by atoms with Crippen molar-refractivity contribution in [3.63, 3.8) is 0 Å². The van der Waals surface area contributed by atoms with Crippen molar-refractivity contribution in [2.45, 2.75) is 32.2 Å². The van der Waals surface area contributed by atoms with E-state index < -0.39 is 0 Å². The molecule has 4 nitrogen and oxygen atoms in total. The van der Waals surface area contributed by atoms with Crippen LogP contribution in [0.25, 0.3) is 0 Å². The highest BCUT2D eigenvalue weighted by atomic mass is 32.1. The molecule has 0 saturated carbocycles. The van der Waals surface area contributed by atoms with Gasteiger partial charge >= 0.3 is 0 Å². The fourth-order valence-electron chi connectivity index (χ4n) is 2.18. The number of aromatic nitrogens is 1. The minimum Gasteiger partial charge on any atom is -0.336 e. The lowest BCUT2D eigenvalue weighted by Gasteiger charge is -2.29. The molecule has 17 heavy (non-hydrogen) atoms. The van der Waals surface area contributed by atoms with Crippen LogP contribution in [0.1, 0.15) is 36.7 Å². The van der Waals surface area contributed by atoms with Gasteiger partial charge in [-0.3, -0.25) is 4.79 Å². The first-order valence-electron chi connectivity index (χ1n) is 6.22. The minimum atomic E-state index is 0.0566. The van der Waals surface area contributed by atoms with Crippen LogP contribution in [0.15, 0.2) is 10.9 Å². The maximum Gasteiger partial charge on any atom is 0.273 e. The predicted octanol–water partition coefficient (Wildman–Crippen LogP) is 1.75. The molecule has 1 amide bonds. The number of likely N-dealkylation sites (N-methyl/N-ethyl adjacent to an activating group) is 1. The van der Waals surface area contributed by atoms with E-state index in [0.717, 1.165) is 19.6 Å². The molecule has 0 radical (unpaired) electrons. The number of hydrogen-bond acceptors (Lipinski definition) is 4. The molecule has 5 heteroatoms. The average molecular weight is 253 g/mol. The van der Waals surface area contributed by atoms with E-state index >= 15 is 0 Å². The standard InChI is InChI=1S/C12H19N3OS/c1-2-15(7-10-5-3-4-6-13-10)12(16)11-8-17-9-14-11/h8-10,13H,2-7H2,1H3. The van der Waals surface area contributed by atoms with Gasteiger partial charge < -0.3 is 10.2 Å². The van der Waals surface area contributed by atoms with Gasteiger partial charge in [0.25, 0.3) is 5.91 Å². The Morgan fingerprint density at radius 1 is 1.65 bits per heavy atom. The van der Waals surface area contributed by atoms with Gasteiger partial charge in [0.15, 0.2) is 0 Å². The zero-order valence-corrected chi connectivity index (χ0v) is 11.0. The molecule has 2 rings (SSSR count). The highest BCUT2D eigenvalue weighted by molar-refractivity contribution is 7.07. The van der Waals surface area contributed by atoms with Crippen LogP contribution in [0, 0.1) is 0 Å². The number of thiazole rings is 1. The quantitative estimate of drug-likeness (QED) is 0.889. The molecule has 1 aliphatic rings. The SMILES string of the molecule is CCN(CC1CCCCN1)C(=O)c1cscn1. The second-order valence-corrected chi connectivity index (χ2v) is 5.08. The summed E-state index contributed by atoms with van der Waals surface area (Å²) in [5.41, 5.74) is 2.28. The van der Waals surface area contributed by atoms with Gasteiger partial charge in [-0.25, -0.2) is 4.98 Å². The van der Waals surface area contributed by atoms with Crippen molar-refractivity contribution in [1.82, 2.24) is 15.2 Å². The molecule has 1 atom stereocenters. The number of carbonyl (C=O) groups excluding carboxylic acids is 1. The Hall–Kier alpha value is -0.940. The zero-order valence-electron chi connectivity index (χ0n) is 10.2. The maximum absolute atomic E-state index is 12.2. The molecule has 1 saturated heterocycles. The Kier molecular flexibility index (Phi) is 4.50. The summed E-state index contributed by atoms with van der Waals surface area (Å²) in [5, 5.41) is 5.29. The van der Waals surface area contributed by atoms with Gasteiger partial charge in [0.1, 0.15) is 5.69 Å². The number of amides is 1. The fourth-order valence-corrected chi connectivity index (χ4v) is 2.71. The van der Waals surface area contributed by atoms with E-state index in [1.807, 2.05) is 17.2 Å². The normalized spacial score (nSPS) is 20.2. The molecular weight excluding hydrogens is 234 g/mol. The second-order valence-electron chi connectivity index (χ2n) is 4.36. The molecule has 1 aromatic rings. The van der Waals surface area contributed by atoms with Gasteiger partial charge in [0.05, 0.1) is 5.51 Å². The monoisotopic (exact) mass is 253 g/mol. The van der Waals surface area contributed by atoms with E-state index in [1.54, 1.807) is 5.51 Å². The van der Waals surface area contributed by atoms with Crippen molar-refractivity contribution in [2.75, 3.05) is 19.6 Å². The Balaban J connectivity index is 1.93. The molecular formula is C12H19N3OS. The lowest BCUT2D eigenvalue weighted by Crippen LogP contribution is -2.45. The Morgan fingerprint density at radius 2 is 2.53 bits per heavy atom. The van der Waals surface area contributed by atoms with Crippen molar-refractivity contribution in [3.05, 3.63) is 16.6 Å². The Morgan fingerprint density at radius 3 is 3.12 bits per heavy atom. The Labute approximate surface area is 106 Å². The molecule has 1 unspecified atom stereocenters. The number of carbonyl (C=O) groups is 1. The van der Waals surface area contributed by atoms with Crippen molar-refractivity contribution in [3.8, 4) is 0 Å². The summed E-state index contributed by atoms with van der Waals surface area (Å²) >= 11 is 1.47. The lowest BCUT2D eigenvalue weighted by atomic mass is 10.0. The summed E-state index contributed by atoms with van der Waals surface area (Å²) in [6.45, 7) is 4.64. The Bertz CT molecular complexity index is 347. The van der Waals surface area contributed by atoms with Gasteiger partial charge in [0.2, 0.25) is 0 Å². The molecule has 0 spiro atoms. The first kappa shape index (κ1) is 12.5. The maximum atomic E-state index is 12.2. The molecule has 94 valence electrons. The van der Waals surface area contributed by atoms with Gasteiger partial charge in [-0.2, -0.15) is 0 Å². The summed E-state index contributed by atoms with van der Waals surface area (Å²) in [5.74, 6) is 0.0566. The van der Waals surface area contributed by atoms with E-state index in [9.17, 15) is 4.79 Å². The summed E-state index contributed by atoms with van der Waals surface area (Å²) in [6, 6.07) is 0.450. The van der Waals surface area contributed by atoms with Crippen LogP contribution in [-0.4, -0.2) is 41.5 Å². The molecule has 1 N–H and O–H groups in total. The van der Waals surface area contributed by atoms with Crippen LogP contribution in [0.3, 0.4) is 0 Å². The number of nitrogens with zero attached hydrogens (tertiary/aromatic N) is 2. The summed E-state index contributed by atoms with van der Waals surface area (Å²) < 4.78 is 0. The van der Waals surface area contributed by atoms with Crippen molar-refractivity contribution in [1.29, 1.82) is 0 Å². The van der Waals surface area contributed by atoms with Gasteiger partial charge in [0, 0.05) is 24.5 Å². The van der Waals surface area contributed by atoms with Crippen LogP contribution in [0.5, 0.6) is 0 Å². The van der Waals surface area contributed by atoms with Gasteiger partial charge in [-0.15, -0.1) is 11.3 Å². The molecule has 1 fully saturated rings. The van der Waals surface area contributed by atoms with Crippen LogP contribution < -0.4 is 5.32 Å². The molecule has 1 aliphatic heterocycles. The third-order valence-corrected chi connectivity index (χ3v) is 3.76. The number of rotatable bonds is 4. The van der Waals surface area contributed by atoms with E-state index in [4.69, 9.17) is 0 Å². The van der Waals surface area contributed by atoms with E-state index in [1.165, 1.54) is 30.6 Å². The molecule has 1 aromatic heterocycles. The molecule has 0 aromatic carbocycles. The molecule has 0 bridgehead atoms. The lowest BCUT2D eigenvalue weighted by molar-refractivity contribution is 0.0736. The van der Waals surface area contributed by atoms with E-state index in [2.05, 4.69) is 10.3 Å². The molecule has 0 aliphatic carbocycles. The van der Waals surface area contributed by atoms with Crippen molar-refractivity contribution < 1.29 is 4.79 Å². The second kappa shape index (κ2) is 6.12. The first-order valence-corrected chi connectivity index (χ1v) is 7.16. The highest BCUT2D eigenvalue weighted by Crippen LogP contribution is 2.11. The highest BCUT2D eigenvalue weighted by Gasteiger charge is 2.21. The minimum absolute atomic E-state index is 0.0566. The van der Waals surface area contributed by atoms with Gasteiger partial charge in [-0.1, -0.05) is 6.42 Å². The third-order valence-electron chi connectivity index (χ3n) is 3.17. The van der Waals surface area contributed by atoms with Crippen molar-refractivity contribution in [2.24, 2.45) is 0 Å². The number of piperidine rings is 1. The first-order chi connectivity index (χ1) is 8.31. The number of hydrogen-bond donors (Lipinski definition) is 1. The summed E-state index contributed by atoms with van der Waals surface area (Å²) in [6.07, 6.45) is 3.68. The van der Waals surface area contributed by atoms with Crippen LogP contribution in [0.2, 0.25) is 0 Å². The molecule has 2 heterocycles. The van der Waals surface area contributed by atoms with Crippen molar-refractivity contribution >= 4 is 17.2 Å². The smallest absolute Gasteiger partial charge is 0.273 e. The number of nitrogens with one attached hydrogen (secondary N) is 1. The fraction of sp³-hybridized carbons (Fsp3) is 0.667. The van der Waals surface area contributed by atoms with Gasteiger partial charge in [-0.05, 0) is 26.3 Å². The topological polar surface area (TPSA) is 45.2 Å². The van der Waals surface area contributed by atoms with Crippen LogP contribution in [-0.2, 0) is 0 Å². The zero-order chi connectivity index (χ0) is 12.1. The summed E-state index contributed by atoms with van der Waals surface area (Å²) in [4.78, 5) is 18.1. The van der Waals surface area contributed by atoms with Crippen LogP contribution in [0.4, 0.5) is 0 Å². The largest absolute Gasteiger partial charge is 0.336 e. The van der Waals surface area contributed by atoms with E-state index in [-0.39, 0.29) is 5.91 Å².